The summed E-state index contributed by atoms with van der Waals surface area (Å²) in [6, 6.07) is 12.6. The van der Waals surface area contributed by atoms with E-state index in [9.17, 15) is 0 Å². The molecule has 3 nitrogen and oxygen atoms in total. The van der Waals surface area contributed by atoms with Gasteiger partial charge in [0.2, 0.25) is 0 Å². The standard InChI is InChI=1S/C17H23NO2.ClH/c1-3-20-12-6-11-18-13-16-15-8-5-4-7-14(15)9-10-17(16)19-2;/h4-5,7-10,18H,3,6,11-13H2,1-2H3;1H. The van der Waals surface area contributed by atoms with Crippen molar-refractivity contribution in [2.45, 2.75) is 19.9 Å². The summed E-state index contributed by atoms with van der Waals surface area (Å²) < 4.78 is 10.8. The molecule has 2 rings (SSSR count). The summed E-state index contributed by atoms with van der Waals surface area (Å²) in [6.45, 7) is 5.39. The van der Waals surface area contributed by atoms with E-state index in [4.69, 9.17) is 9.47 Å². The fraction of sp³-hybridized carbons (Fsp3) is 0.412. The van der Waals surface area contributed by atoms with Crippen LogP contribution in [-0.2, 0) is 11.3 Å². The van der Waals surface area contributed by atoms with Gasteiger partial charge in [0.1, 0.15) is 5.75 Å². The third kappa shape index (κ3) is 4.88. The van der Waals surface area contributed by atoms with Crippen LogP contribution in [0.4, 0.5) is 0 Å². The molecule has 0 aliphatic carbocycles. The summed E-state index contributed by atoms with van der Waals surface area (Å²) in [5.41, 5.74) is 1.22. The zero-order chi connectivity index (χ0) is 14.2. The molecule has 0 saturated heterocycles. The zero-order valence-corrected chi connectivity index (χ0v) is 13.5. The van der Waals surface area contributed by atoms with Crippen molar-refractivity contribution in [3.8, 4) is 5.75 Å². The first-order valence-corrected chi connectivity index (χ1v) is 7.20. The predicted molar refractivity (Wildman–Crippen MR) is 90.6 cm³/mol. The number of ether oxygens (including phenoxy) is 2. The molecule has 0 atom stereocenters. The van der Waals surface area contributed by atoms with Crippen LogP contribution in [0.25, 0.3) is 10.8 Å². The van der Waals surface area contributed by atoms with Gasteiger partial charge < -0.3 is 14.8 Å². The molecule has 0 fully saturated rings. The average molecular weight is 310 g/mol. The van der Waals surface area contributed by atoms with Crippen LogP contribution in [0, 0.1) is 0 Å². The third-order valence-corrected chi connectivity index (χ3v) is 3.37. The van der Waals surface area contributed by atoms with E-state index in [-0.39, 0.29) is 12.4 Å². The van der Waals surface area contributed by atoms with Gasteiger partial charge >= 0.3 is 0 Å². The second-order valence-electron chi connectivity index (χ2n) is 4.69. The number of fused-ring (bicyclic) bond motifs is 1. The lowest BCUT2D eigenvalue weighted by Gasteiger charge is -2.13. The lowest BCUT2D eigenvalue weighted by molar-refractivity contribution is 0.144. The number of benzene rings is 2. The number of hydrogen-bond acceptors (Lipinski definition) is 3. The smallest absolute Gasteiger partial charge is 0.123 e. The normalized spacial score (nSPS) is 10.4. The maximum Gasteiger partial charge on any atom is 0.123 e. The number of halogens is 1. The molecular weight excluding hydrogens is 286 g/mol. The first-order valence-electron chi connectivity index (χ1n) is 7.20. The summed E-state index contributed by atoms with van der Waals surface area (Å²) in [6.07, 6.45) is 1.03. The Labute approximate surface area is 133 Å². The number of hydrogen-bond donors (Lipinski definition) is 1. The molecule has 0 aliphatic rings. The second-order valence-corrected chi connectivity index (χ2v) is 4.69. The first-order chi connectivity index (χ1) is 9.86. The van der Waals surface area contributed by atoms with Gasteiger partial charge in [-0.2, -0.15) is 0 Å². The van der Waals surface area contributed by atoms with Crippen LogP contribution in [-0.4, -0.2) is 26.9 Å². The van der Waals surface area contributed by atoms with E-state index in [1.165, 1.54) is 16.3 Å². The summed E-state index contributed by atoms with van der Waals surface area (Å²) >= 11 is 0. The first kappa shape index (κ1) is 17.8. The van der Waals surface area contributed by atoms with E-state index >= 15 is 0 Å². The van der Waals surface area contributed by atoms with Crippen molar-refractivity contribution >= 4 is 23.2 Å². The highest BCUT2D eigenvalue weighted by molar-refractivity contribution is 5.87. The van der Waals surface area contributed by atoms with Gasteiger partial charge in [0.15, 0.2) is 0 Å². The van der Waals surface area contributed by atoms with Crippen molar-refractivity contribution in [2.75, 3.05) is 26.9 Å². The maximum atomic E-state index is 5.48. The Kier molecular flexibility index (Phi) is 8.13. The van der Waals surface area contributed by atoms with Crippen LogP contribution in [0.1, 0.15) is 18.9 Å². The topological polar surface area (TPSA) is 30.5 Å². The van der Waals surface area contributed by atoms with Gasteiger partial charge in [0.25, 0.3) is 0 Å². The van der Waals surface area contributed by atoms with E-state index in [2.05, 4.69) is 35.6 Å². The minimum absolute atomic E-state index is 0. The molecule has 21 heavy (non-hydrogen) atoms. The predicted octanol–water partition coefficient (Wildman–Crippen LogP) is 3.79. The van der Waals surface area contributed by atoms with Gasteiger partial charge in [-0.15, -0.1) is 12.4 Å². The largest absolute Gasteiger partial charge is 0.496 e. The molecule has 4 heteroatoms. The average Bonchev–Trinajstić information content (AvgIpc) is 2.50. The highest BCUT2D eigenvalue weighted by Gasteiger charge is 2.07. The molecule has 0 radical (unpaired) electrons. The van der Waals surface area contributed by atoms with Crippen molar-refractivity contribution in [1.29, 1.82) is 0 Å². The summed E-state index contributed by atoms with van der Waals surface area (Å²) in [7, 11) is 1.72. The molecule has 2 aromatic rings. The summed E-state index contributed by atoms with van der Waals surface area (Å²) in [5, 5.41) is 5.97. The van der Waals surface area contributed by atoms with Crippen LogP contribution in [0.2, 0.25) is 0 Å². The quantitative estimate of drug-likeness (QED) is 0.753. The van der Waals surface area contributed by atoms with Crippen LogP contribution in [0.5, 0.6) is 5.75 Å². The van der Waals surface area contributed by atoms with Gasteiger partial charge in [-0.3, -0.25) is 0 Å². The number of rotatable bonds is 8. The zero-order valence-electron chi connectivity index (χ0n) is 12.7. The summed E-state index contributed by atoms with van der Waals surface area (Å²) in [5.74, 6) is 0.945. The van der Waals surface area contributed by atoms with Gasteiger partial charge in [-0.1, -0.05) is 30.3 Å². The Morgan fingerprint density at radius 1 is 1.10 bits per heavy atom. The number of methoxy groups -OCH3 is 1. The van der Waals surface area contributed by atoms with Gasteiger partial charge in [-0.25, -0.2) is 0 Å². The Morgan fingerprint density at radius 3 is 2.67 bits per heavy atom. The van der Waals surface area contributed by atoms with E-state index in [1.807, 2.05) is 13.0 Å². The maximum absolute atomic E-state index is 5.48. The van der Waals surface area contributed by atoms with Crippen molar-refractivity contribution < 1.29 is 9.47 Å². The van der Waals surface area contributed by atoms with Crippen molar-refractivity contribution in [2.24, 2.45) is 0 Å². The molecular formula is C17H24ClNO2. The van der Waals surface area contributed by atoms with Gasteiger partial charge in [0.05, 0.1) is 7.11 Å². The van der Waals surface area contributed by atoms with Gasteiger partial charge in [-0.05, 0) is 36.7 Å². The molecule has 0 amide bonds. The molecule has 0 aromatic heterocycles. The molecule has 0 spiro atoms. The van der Waals surface area contributed by atoms with E-state index in [0.717, 1.165) is 38.5 Å². The van der Waals surface area contributed by atoms with Gasteiger partial charge in [0, 0.05) is 25.3 Å². The molecule has 0 aliphatic heterocycles. The molecule has 1 N–H and O–H groups in total. The SMILES string of the molecule is CCOCCCNCc1c(OC)ccc2ccccc12.Cl. The van der Waals surface area contributed by atoms with E-state index < -0.39 is 0 Å². The Morgan fingerprint density at radius 2 is 1.90 bits per heavy atom. The van der Waals surface area contributed by atoms with Crippen molar-refractivity contribution in [3.05, 3.63) is 42.0 Å². The van der Waals surface area contributed by atoms with E-state index in [1.54, 1.807) is 7.11 Å². The van der Waals surface area contributed by atoms with Crippen molar-refractivity contribution in [3.63, 3.8) is 0 Å². The van der Waals surface area contributed by atoms with Crippen molar-refractivity contribution in [1.82, 2.24) is 5.32 Å². The highest BCUT2D eigenvalue weighted by atomic mass is 35.5. The fourth-order valence-electron chi connectivity index (χ4n) is 2.35. The molecule has 2 aromatic carbocycles. The minimum atomic E-state index is 0. The van der Waals surface area contributed by atoms with Crippen LogP contribution in [0.15, 0.2) is 36.4 Å². The number of nitrogens with one attached hydrogen (secondary N) is 1. The van der Waals surface area contributed by atoms with E-state index in [0.29, 0.717) is 0 Å². The monoisotopic (exact) mass is 309 g/mol. The highest BCUT2D eigenvalue weighted by Crippen LogP contribution is 2.27. The van der Waals surface area contributed by atoms with Crippen LogP contribution < -0.4 is 10.1 Å². The molecule has 0 bridgehead atoms. The Hall–Kier alpha value is -1.29. The molecule has 0 unspecified atom stereocenters. The van der Waals surface area contributed by atoms with Crippen LogP contribution >= 0.6 is 12.4 Å². The molecule has 116 valence electrons. The second kappa shape index (κ2) is 9.61. The lowest BCUT2D eigenvalue weighted by Crippen LogP contribution is -2.17. The minimum Gasteiger partial charge on any atom is -0.496 e. The molecule has 0 saturated carbocycles. The Balaban J connectivity index is 0.00000220. The lowest BCUT2D eigenvalue weighted by atomic mass is 10.0. The van der Waals surface area contributed by atoms with Crippen LogP contribution in [0.3, 0.4) is 0 Å². The third-order valence-electron chi connectivity index (χ3n) is 3.37. The summed E-state index contributed by atoms with van der Waals surface area (Å²) in [4.78, 5) is 0. The Bertz CT molecular complexity index is 545. The fourth-order valence-corrected chi connectivity index (χ4v) is 2.35. The molecule has 0 heterocycles.